The van der Waals surface area contributed by atoms with Crippen LogP contribution < -0.4 is 5.32 Å². The summed E-state index contributed by atoms with van der Waals surface area (Å²) in [5.41, 5.74) is 0.956. The van der Waals surface area contributed by atoms with Crippen LogP contribution in [-0.2, 0) is 6.54 Å². The molecule has 4 heteroatoms. The molecule has 1 aromatic rings. The molecule has 1 rings (SSSR count). The second-order valence-electron chi connectivity index (χ2n) is 4.32. The molecule has 0 aliphatic carbocycles. The van der Waals surface area contributed by atoms with Crippen molar-refractivity contribution in [1.82, 2.24) is 10.2 Å². The summed E-state index contributed by atoms with van der Waals surface area (Å²) in [7, 11) is 4.08. The molecule has 0 heterocycles. The Kier molecular flexibility index (Phi) is 5.38. The fourth-order valence-corrected chi connectivity index (χ4v) is 2.13. The summed E-state index contributed by atoms with van der Waals surface area (Å²) in [6.45, 7) is 3.77. The molecule has 90 valence electrons. The topological polar surface area (TPSA) is 15.3 Å². The van der Waals surface area contributed by atoms with Crippen LogP contribution in [0.25, 0.3) is 0 Å². The number of nitrogens with zero attached hydrogens (tertiary/aromatic N) is 1. The Morgan fingerprint density at radius 2 is 2.06 bits per heavy atom. The highest BCUT2D eigenvalue weighted by atomic mass is 79.9. The van der Waals surface area contributed by atoms with E-state index in [0.717, 1.165) is 16.6 Å². The van der Waals surface area contributed by atoms with Crippen LogP contribution in [0.4, 0.5) is 4.39 Å². The van der Waals surface area contributed by atoms with Crippen molar-refractivity contribution < 1.29 is 4.39 Å². The van der Waals surface area contributed by atoms with Crippen molar-refractivity contribution in [3.05, 3.63) is 34.1 Å². The lowest BCUT2D eigenvalue weighted by molar-refractivity contribution is 0.349. The molecule has 0 radical (unpaired) electrons. The van der Waals surface area contributed by atoms with E-state index in [1.807, 2.05) is 20.2 Å². The van der Waals surface area contributed by atoms with Crippen LogP contribution in [0.3, 0.4) is 0 Å². The normalized spacial score (nSPS) is 13.1. The van der Waals surface area contributed by atoms with Gasteiger partial charge in [0.2, 0.25) is 0 Å². The quantitative estimate of drug-likeness (QED) is 0.896. The maximum absolute atomic E-state index is 13.1. The van der Waals surface area contributed by atoms with Gasteiger partial charge in [0.05, 0.1) is 0 Å². The minimum Gasteiger partial charge on any atom is -0.309 e. The molecular weight excluding hydrogens is 271 g/mol. The van der Waals surface area contributed by atoms with E-state index >= 15 is 0 Å². The lowest BCUT2D eigenvalue weighted by Crippen LogP contribution is -2.35. The fraction of sp³-hybridized carbons (Fsp3) is 0.500. The van der Waals surface area contributed by atoms with Crippen LogP contribution in [0.1, 0.15) is 12.5 Å². The molecule has 0 aliphatic heterocycles. The number of likely N-dealkylation sites (N-methyl/N-ethyl adjacent to an activating group) is 1. The van der Waals surface area contributed by atoms with Gasteiger partial charge in [0.15, 0.2) is 0 Å². The molecule has 0 saturated carbocycles. The summed E-state index contributed by atoms with van der Waals surface area (Å²) >= 11 is 3.28. The smallest absolute Gasteiger partial charge is 0.124 e. The number of rotatable bonds is 5. The summed E-state index contributed by atoms with van der Waals surface area (Å²) in [5.74, 6) is -0.202. The first-order chi connectivity index (χ1) is 7.47. The van der Waals surface area contributed by atoms with Gasteiger partial charge in [0.25, 0.3) is 0 Å². The third-order valence-corrected chi connectivity index (χ3v) is 2.67. The van der Waals surface area contributed by atoms with Crippen molar-refractivity contribution in [2.75, 3.05) is 20.6 Å². The van der Waals surface area contributed by atoms with Crippen molar-refractivity contribution in [1.29, 1.82) is 0 Å². The van der Waals surface area contributed by atoms with E-state index < -0.39 is 0 Å². The molecule has 0 fully saturated rings. The van der Waals surface area contributed by atoms with E-state index in [4.69, 9.17) is 0 Å². The first kappa shape index (κ1) is 13.6. The monoisotopic (exact) mass is 288 g/mol. The molecule has 0 saturated heterocycles. The van der Waals surface area contributed by atoms with Gasteiger partial charge in [-0.05, 0) is 44.8 Å². The standard InChI is InChI=1S/C12H18BrFN2/c1-9(8-16(2)3)15-7-10-4-11(13)6-12(14)5-10/h4-6,9,15H,7-8H2,1-3H3. The van der Waals surface area contributed by atoms with Crippen LogP contribution in [0.5, 0.6) is 0 Å². The summed E-state index contributed by atoms with van der Waals surface area (Å²) < 4.78 is 13.9. The first-order valence-electron chi connectivity index (χ1n) is 5.30. The second kappa shape index (κ2) is 6.33. The minimum absolute atomic E-state index is 0.202. The number of nitrogens with one attached hydrogen (secondary N) is 1. The summed E-state index contributed by atoms with van der Waals surface area (Å²) in [4.78, 5) is 2.12. The Labute approximate surface area is 105 Å². The zero-order valence-electron chi connectivity index (χ0n) is 9.93. The lowest BCUT2D eigenvalue weighted by atomic mass is 10.2. The van der Waals surface area contributed by atoms with Crippen LogP contribution in [0, 0.1) is 5.82 Å². The first-order valence-corrected chi connectivity index (χ1v) is 6.10. The average molecular weight is 289 g/mol. The van der Waals surface area contributed by atoms with Crippen LogP contribution >= 0.6 is 15.9 Å². The third-order valence-electron chi connectivity index (χ3n) is 2.22. The predicted octanol–water partition coefficient (Wildman–Crippen LogP) is 2.63. The molecule has 1 unspecified atom stereocenters. The SMILES string of the molecule is CC(CN(C)C)NCc1cc(F)cc(Br)c1. The van der Waals surface area contributed by atoms with Crippen molar-refractivity contribution in [3.63, 3.8) is 0 Å². The van der Waals surface area contributed by atoms with Crippen molar-refractivity contribution in [2.45, 2.75) is 19.5 Å². The maximum Gasteiger partial charge on any atom is 0.124 e. The highest BCUT2D eigenvalue weighted by Crippen LogP contribution is 2.14. The average Bonchev–Trinajstić information content (AvgIpc) is 2.12. The second-order valence-corrected chi connectivity index (χ2v) is 5.24. The van der Waals surface area contributed by atoms with E-state index in [0.29, 0.717) is 12.6 Å². The summed E-state index contributed by atoms with van der Waals surface area (Å²) in [6.07, 6.45) is 0. The number of hydrogen-bond acceptors (Lipinski definition) is 2. The molecule has 0 spiro atoms. The van der Waals surface area contributed by atoms with Gasteiger partial charge in [-0.15, -0.1) is 0 Å². The Hall–Kier alpha value is -0.450. The molecule has 16 heavy (non-hydrogen) atoms. The Morgan fingerprint density at radius 3 is 2.62 bits per heavy atom. The Bertz CT molecular complexity index is 322. The van der Waals surface area contributed by atoms with Crippen LogP contribution in [0.15, 0.2) is 22.7 Å². The Morgan fingerprint density at radius 1 is 1.38 bits per heavy atom. The molecule has 1 N–H and O–H groups in total. The summed E-state index contributed by atoms with van der Waals surface area (Å²) in [6, 6.07) is 5.34. The molecule has 0 aliphatic rings. The number of hydrogen-bond donors (Lipinski definition) is 1. The van der Waals surface area contributed by atoms with Gasteiger partial charge in [-0.1, -0.05) is 15.9 Å². The van der Waals surface area contributed by atoms with Crippen LogP contribution in [0.2, 0.25) is 0 Å². The van der Waals surface area contributed by atoms with Gasteiger partial charge in [-0.2, -0.15) is 0 Å². The molecule has 0 amide bonds. The van der Waals surface area contributed by atoms with Gasteiger partial charge in [0, 0.05) is 23.6 Å². The fourth-order valence-electron chi connectivity index (χ4n) is 1.62. The largest absolute Gasteiger partial charge is 0.309 e. The molecule has 1 atom stereocenters. The van der Waals surface area contributed by atoms with Crippen molar-refractivity contribution >= 4 is 15.9 Å². The minimum atomic E-state index is -0.202. The zero-order valence-corrected chi connectivity index (χ0v) is 11.5. The van der Waals surface area contributed by atoms with Crippen molar-refractivity contribution in [3.8, 4) is 0 Å². The van der Waals surface area contributed by atoms with E-state index in [2.05, 4.69) is 33.1 Å². The van der Waals surface area contributed by atoms with Gasteiger partial charge in [-0.25, -0.2) is 4.39 Å². The van der Waals surface area contributed by atoms with Gasteiger partial charge >= 0.3 is 0 Å². The van der Waals surface area contributed by atoms with Crippen LogP contribution in [-0.4, -0.2) is 31.6 Å². The van der Waals surface area contributed by atoms with Gasteiger partial charge < -0.3 is 10.2 Å². The number of halogens is 2. The maximum atomic E-state index is 13.1. The molecule has 2 nitrogen and oxygen atoms in total. The predicted molar refractivity (Wildman–Crippen MR) is 69.0 cm³/mol. The van der Waals surface area contributed by atoms with E-state index in [9.17, 15) is 4.39 Å². The lowest BCUT2D eigenvalue weighted by Gasteiger charge is -2.18. The van der Waals surface area contributed by atoms with E-state index in [1.54, 1.807) is 6.07 Å². The van der Waals surface area contributed by atoms with Gasteiger partial charge in [-0.3, -0.25) is 0 Å². The Balaban J connectivity index is 2.48. The van der Waals surface area contributed by atoms with Gasteiger partial charge in [0.1, 0.15) is 5.82 Å². The molecule has 1 aromatic carbocycles. The molecule has 0 aromatic heterocycles. The third kappa shape index (κ3) is 5.05. The highest BCUT2D eigenvalue weighted by molar-refractivity contribution is 9.10. The zero-order chi connectivity index (χ0) is 12.1. The number of benzene rings is 1. The molecule has 0 bridgehead atoms. The van der Waals surface area contributed by atoms with Crippen molar-refractivity contribution in [2.24, 2.45) is 0 Å². The summed E-state index contributed by atoms with van der Waals surface area (Å²) in [5, 5.41) is 3.36. The van der Waals surface area contributed by atoms with E-state index in [1.165, 1.54) is 6.07 Å². The highest BCUT2D eigenvalue weighted by Gasteiger charge is 2.04. The van der Waals surface area contributed by atoms with E-state index in [-0.39, 0.29) is 5.82 Å². The molecular formula is C12H18BrFN2.